The lowest BCUT2D eigenvalue weighted by Crippen LogP contribution is -2.37. The fraction of sp³-hybridized carbons (Fsp3) is 1.00. The second kappa shape index (κ2) is 6.40. The average Bonchev–Trinajstić information content (AvgIpc) is 2.36. The van der Waals surface area contributed by atoms with E-state index in [4.69, 9.17) is 0 Å². The highest BCUT2D eigenvalue weighted by molar-refractivity contribution is 4.90. The van der Waals surface area contributed by atoms with Crippen molar-refractivity contribution >= 4 is 0 Å². The van der Waals surface area contributed by atoms with Crippen molar-refractivity contribution in [2.75, 3.05) is 0 Å². The Hall–Kier alpha value is -0.140. The van der Waals surface area contributed by atoms with Crippen molar-refractivity contribution < 1.29 is 8.78 Å². The fourth-order valence-corrected chi connectivity index (χ4v) is 5.01. The Balaban J connectivity index is 1.96. The Kier molecular flexibility index (Phi) is 5.29. The zero-order valence-electron chi connectivity index (χ0n) is 15.4. The molecule has 0 N–H and O–H groups in total. The first-order chi connectivity index (χ1) is 10.00. The fourth-order valence-electron chi connectivity index (χ4n) is 5.01. The summed E-state index contributed by atoms with van der Waals surface area (Å²) in [4.78, 5) is 0. The van der Waals surface area contributed by atoms with Crippen LogP contribution in [-0.4, -0.2) is 5.92 Å². The van der Waals surface area contributed by atoms with Crippen molar-refractivity contribution in [3.05, 3.63) is 0 Å². The molecule has 0 heterocycles. The summed E-state index contributed by atoms with van der Waals surface area (Å²) in [5.74, 6) is -0.676. The van der Waals surface area contributed by atoms with Gasteiger partial charge in [0.05, 0.1) is 0 Å². The van der Waals surface area contributed by atoms with E-state index in [9.17, 15) is 8.78 Å². The lowest BCUT2D eigenvalue weighted by Gasteiger charge is -2.44. The molecule has 0 bridgehead atoms. The molecule has 2 aliphatic rings. The molecule has 2 fully saturated rings. The van der Waals surface area contributed by atoms with E-state index < -0.39 is 5.92 Å². The van der Waals surface area contributed by atoms with Crippen LogP contribution in [-0.2, 0) is 0 Å². The summed E-state index contributed by atoms with van der Waals surface area (Å²) in [7, 11) is 0. The molecular formula is C20H36F2. The van der Waals surface area contributed by atoms with Gasteiger partial charge in [-0.05, 0) is 60.7 Å². The topological polar surface area (TPSA) is 0 Å². The molecular weight excluding hydrogens is 278 g/mol. The summed E-state index contributed by atoms with van der Waals surface area (Å²) in [5, 5.41) is 0. The largest absolute Gasteiger partial charge is 0.248 e. The van der Waals surface area contributed by atoms with Gasteiger partial charge in [0.15, 0.2) is 0 Å². The zero-order chi connectivity index (χ0) is 16.6. The highest BCUT2D eigenvalue weighted by atomic mass is 19.3. The van der Waals surface area contributed by atoms with Gasteiger partial charge in [-0.25, -0.2) is 8.78 Å². The summed E-state index contributed by atoms with van der Waals surface area (Å²) >= 11 is 0. The van der Waals surface area contributed by atoms with E-state index in [1.165, 1.54) is 25.7 Å². The summed E-state index contributed by atoms with van der Waals surface area (Å²) in [6.07, 6.45) is 8.35. The van der Waals surface area contributed by atoms with Gasteiger partial charge < -0.3 is 0 Å². The van der Waals surface area contributed by atoms with Crippen LogP contribution in [0.1, 0.15) is 92.4 Å². The van der Waals surface area contributed by atoms with Gasteiger partial charge in [-0.15, -0.1) is 0 Å². The quantitative estimate of drug-likeness (QED) is 0.522. The first kappa shape index (κ1) is 18.2. The highest BCUT2D eigenvalue weighted by Crippen LogP contribution is 2.50. The third-order valence-corrected chi connectivity index (χ3v) is 6.57. The monoisotopic (exact) mass is 314 g/mol. The molecule has 0 saturated heterocycles. The third kappa shape index (κ3) is 4.68. The van der Waals surface area contributed by atoms with Crippen LogP contribution in [0.2, 0.25) is 0 Å². The molecule has 0 aliphatic heterocycles. The zero-order valence-corrected chi connectivity index (χ0v) is 15.4. The summed E-state index contributed by atoms with van der Waals surface area (Å²) in [6, 6.07) is 0. The lowest BCUT2D eigenvalue weighted by atomic mass is 9.62. The Morgan fingerprint density at radius 3 is 2.14 bits per heavy atom. The maximum Gasteiger partial charge on any atom is 0.248 e. The molecule has 3 unspecified atom stereocenters. The van der Waals surface area contributed by atoms with E-state index in [1.54, 1.807) is 0 Å². The molecule has 130 valence electrons. The van der Waals surface area contributed by atoms with Gasteiger partial charge in [-0.1, -0.05) is 47.5 Å². The molecule has 22 heavy (non-hydrogen) atoms. The van der Waals surface area contributed by atoms with Crippen LogP contribution < -0.4 is 0 Å². The van der Waals surface area contributed by atoms with Crippen LogP contribution in [0, 0.1) is 28.6 Å². The molecule has 0 aromatic carbocycles. The van der Waals surface area contributed by atoms with E-state index in [-0.39, 0.29) is 24.2 Å². The lowest BCUT2D eigenvalue weighted by molar-refractivity contribution is -0.0778. The standard InChI is InChI=1S/C20H36F2/c1-18(2,3)16-9-6-8-15(12-16)13-19(4,5)17-10-7-11-20(21,22)14-17/h15-17H,6-14H2,1-5H3. The molecule has 2 aliphatic carbocycles. The van der Waals surface area contributed by atoms with Gasteiger partial charge >= 0.3 is 0 Å². The summed E-state index contributed by atoms with van der Waals surface area (Å²) in [6.45, 7) is 11.6. The second-order valence-electron chi connectivity index (χ2n) is 9.94. The third-order valence-electron chi connectivity index (χ3n) is 6.57. The number of rotatable bonds is 3. The van der Waals surface area contributed by atoms with E-state index in [0.29, 0.717) is 11.8 Å². The van der Waals surface area contributed by atoms with Gasteiger partial charge in [-0.2, -0.15) is 0 Å². The predicted octanol–water partition coefficient (Wildman–Crippen LogP) is 7.08. The molecule has 0 aromatic heterocycles. The van der Waals surface area contributed by atoms with Crippen LogP contribution in [0.4, 0.5) is 8.78 Å². The smallest absolute Gasteiger partial charge is 0.207 e. The van der Waals surface area contributed by atoms with E-state index in [0.717, 1.165) is 24.7 Å². The highest BCUT2D eigenvalue weighted by Gasteiger charge is 2.43. The van der Waals surface area contributed by atoms with Crippen molar-refractivity contribution in [2.45, 2.75) is 98.3 Å². The molecule has 2 heteroatoms. The molecule has 2 saturated carbocycles. The van der Waals surface area contributed by atoms with Crippen molar-refractivity contribution in [2.24, 2.45) is 28.6 Å². The summed E-state index contributed by atoms with van der Waals surface area (Å²) < 4.78 is 27.6. The number of hydrogen-bond acceptors (Lipinski definition) is 0. The molecule has 2 rings (SSSR count). The molecule has 0 aromatic rings. The Morgan fingerprint density at radius 2 is 1.55 bits per heavy atom. The maximum absolute atomic E-state index is 13.8. The minimum atomic E-state index is -2.42. The predicted molar refractivity (Wildman–Crippen MR) is 90.2 cm³/mol. The number of alkyl halides is 2. The SMILES string of the molecule is CC(C)(C)C1CCCC(CC(C)(C)C2CCCC(F)(F)C2)C1. The second-order valence-corrected chi connectivity index (χ2v) is 9.94. The number of hydrogen-bond donors (Lipinski definition) is 0. The Morgan fingerprint density at radius 1 is 0.909 bits per heavy atom. The minimum absolute atomic E-state index is 0.0638. The van der Waals surface area contributed by atoms with Crippen LogP contribution >= 0.6 is 0 Å². The number of halogens is 2. The van der Waals surface area contributed by atoms with Gasteiger partial charge in [0.1, 0.15) is 0 Å². The summed E-state index contributed by atoms with van der Waals surface area (Å²) in [5.41, 5.74) is 0.453. The van der Waals surface area contributed by atoms with Gasteiger partial charge in [0, 0.05) is 12.8 Å². The van der Waals surface area contributed by atoms with E-state index in [2.05, 4.69) is 34.6 Å². The van der Waals surface area contributed by atoms with Gasteiger partial charge in [0.25, 0.3) is 0 Å². The maximum atomic E-state index is 13.8. The molecule has 0 nitrogen and oxygen atoms in total. The first-order valence-electron chi connectivity index (χ1n) is 9.37. The molecule has 3 atom stereocenters. The van der Waals surface area contributed by atoms with Crippen LogP contribution in [0.3, 0.4) is 0 Å². The normalized spacial score (nSPS) is 33.7. The van der Waals surface area contributed by atoms with Gasteiger partial charge in [0.2, 0.25) is 5.92 Å². The van der Waals surface area contributed by atoms with E-state index in [1.807, 2.05) is 0 Å². The molecule has 0 spiro atoms. The van der Waals surface area contributed by atoms with E-state index >= 15 is 0 Å². The van der Waals surface area contributed by atoms with Crippen LogP contribution in [0.5, 0.6) is 0 Å². The average molecular weight is 315 g/mol. The van der Waals surface area contributed by atoms with Gasteiger partial charge in [-0.3, -0.25) is 0 Å². The van der Waals surface area contributed by atoms with Crippen LogP contribution in [0.25, 0.3) is 0 Å². The van der Waals surface area contributed by atoms with Crippen LogP contribution in [0.15, 0.2) is 0 Å². The molecule has 0 radical (unpaired) electrons. The van der Waals surface area contributed by atoms with Crippen molar-refractivity contribution in [1.82, 2.24) is 0 Å². The Labute approximate surface area is 136 Å². The molecule has 0 amide bonds. The first-order valence-corrected chi connectivity index (χ1v) is 9.37. The van der Waals surface area contributed by atoms with Crippen molar-refractivity contribution in [1.29, 1.82) is 0 Å². The minimum Gasteiger partial charge on any atom is -0.207 e. The Bertz CT molecular complexity index is 364. The van der Waals surface area contributed by atoms with Crippen molar-refractivity contribution in [3.8, 4) is 0 Å². The van der Waals surface area contributed by atoms with Crippen molar-refractivity contribution in [3.63, 3.8) is 0 Å².